The molecule has 0 heterocycles. The van der Waals surface area contributed by atoms with E-state index >= 15 is 0 Å². The quantitative estimate of drug-likeness (QED) is 0.620. The smallest absolute Gasteiger partial charge is 0.0316 e. The van der Waals surface area contributed by atoms with E-state index in [1.807, 2.05) is 6.07 Å². The van der Waals surface area contributed by atoms with Crippen LogP contribution in [0.4, 0.5) is 5.69 Å². The van der Waals surface area contributed by atoms with Gasteiger partial charge in [0.15, 0.2) is 0 Å². The first-order valence-electron chi connectivity index (χ1n) is 6.86. The molecule has 0 spiro atoms. The summed E-state index contributed by atoms with van der Waals surface area (Å²) in [5.41, 5.74) is 9.49. The Labute approximate surface area is 106 Å². The van der Waals surface area contributed by atoms with Crippen molar-refractivity contribution >= 4 is 5.69 Å². The van der Waals surface area contributed by atoms with Gasteiger partial charge in [0.2, 0.25) is 0 Å². The van der Waals surface area contributed by atoms with Crippen molar-refractivity contribution in [3.8, 4) is 0 Å². The molecule has 0 bridgehead atoms. The van der Waals surface area contributed by atoms with E-state index in [0.717, 1.165) is 5.69 Å². The van der Waals surface area contributed by atoms with Crippen molar-refractivity contribution in [2.75, 3.05) is 18.8 Å². The lowest BCUT2D eigenvalue weighted by Crippen LogP contribution is -2.14. The maximum Gasteiger partial charge on any atom is 0.0316 e. The molecule has 1 aliphatic carbocycles. The summed E-state index contributed by atoms with van der Waals surface area (Å²) in [5.74, 6) is 0. The summed E-state index contributed by atoms with van der Waals surface area (Å²) in [7, 11) is 0. The number of nitrogen functional groups attached to an aromatic ring is 1. The highest BCUT2D eigenvalue weighted by atomic mass is 14.8. The average Bonchev–Trinajstić information content (AvgIpc) is 2.78. The zero-order valence-corrected chi connectivity index (χ0v) is 11.3. The van der Waals surface area contributed by atoms with Gasteiger partial charge in [0.1, 0.15) is 0 Å². The Morgan fingerprint density at radius 2 is 1.71 bits per heavy atom. The minimum Gasteiger partial charge on any atom is -0.399 e. The minimum absolute atomic E-state index is 0.903. The molecule has 1 aromatic rings. The fourth-order valence-electron chi connectivity index (χ4n) is 2.07. The summed E-state index contributed by atoms with van der Waals surface area (Å²) in [6.45, 7) is 6.72. The normalized spacial score (nSPS) is 12.8. The number of hydrogen-bond donors (Lipinski definition) is 2. The lowest BCUT2D eigenvalue weighted by molar-refractivity contribution is 0.662. The first-order valence-corrected chi connectivity index (χ1v) is 6.86. The number of anilines is 1. The zero-order chi connectivity index (χ0) is 12.5. The number of nitrogens with one attached hydrogen (secondary N) is 1. The number of rotatable bonds is 4. The van der Waals surface area contributed by atoms with E-state index in [1.165, 1.54) is 56.3 Å². The standard InChI is InChI=1S/C9H11N.C6H15N/c10-9-5-4-7-2-1-3-8(7)6-9;1-3-5-7-6-4-2/h4-6H,1-3,10H2;7H,3-6H2,1-2H3. The second-order valence-corrected chi connectivity index (χ2v) is 4.63. The number of benzene rings is 1. The van der Waals surface area contributed by atoms with Crippen molar-refractivity contribution in [1.29, 1.82) is 0 Å². The number of aryl methyl sites for hydroxylation is 2. The van der Waals surface area contributed by atoms with Gasteiger partial charge in [-0.1, -0.05) is 19.9 Å². The highest BCUT2D eigenvalue weighted by Gasteiger charge is 2.09. The second kappa shape index (κ2) is 8.13. The van der Waals surface area contributed by atoms with Crippen LogP contribution in [0, 0.1) is 0 Å². The molecule has 2 nitrogen and oxygen atoms in total. The largest absolute Gasteiger partial charge is 0.399 e. The molecule has 3 N–H and O–H groups in total. The molecule has 1 aromatic carbocycles. The molecule has 0 atom stereocenters. The van der Waals surface area contributed by atoms with Gasteiger partial charge in [0, 0.05) is 5.69 Å². The van der Waals surface area contributed by atoms with Gasteiger partial charge in [-0.15, -0.1) is 0 Å². The molecule has 0 saturated heterocycles. The fourth-order valence-corrected chi connectivity index (χ4v) is 2.07. The lowest BCUT2D eigenvalue weighted by atomic mass is 10.1. The molecular formula is C15H26N2. The van der Waals surface area contributed by atoms with Crippen molar-refractivity contribution < 1.29 is 0 Å². The molecule has 0 radical (unpaired) electrons. The van der Waals surface area contributed by atoms with Crippen molar-refractivity contribution in [3.05, 3.63) is 29.3 Å². The van der Waals surface area contributed by atoms with Gasteiger partial charge in [0.05, 0.1) is 0 Å². The van der Waals surface area contributed by atoms with Crippen molar-refractivity contribution in [1.82, 2.24) is 5.32 Å². The number of hydrogen-bond acceptors (Lipinski definition) is 2. The van der Waals surface area contributed by atoms with Crippen molar-refractivity contribution in [3.63, 3.8) is 0 Å². The second-order valence-electron chi connectivity index (χ2n) is 4.63. The van der Waals surface area contributed by atoms with Crippen LogP contribution >= 0.6 is 0 Å². The maximum absolute atomic E-state index is 5.63. The Morgan fingerprint density at radius 1 is 1.06 bits per heavy atom. The van der Waals surface area contributed by atoms with Gasteiger partial charge in [-0.25, -0.2) is 0 Å². The monoisotopic (exact) mass is 234 g/mol. The molecule has 0 unspecified atom stereocenters. The van der Waals surface area contributed by atoms with Crippen molar-refractivity contribution in [2.45, 2.75) is 46.0 Å². The van der Waals surface area contributed by atoms with Crippen LogP contribution in [0.2, 0.25) is 0 Å². The highest BCUT2D eigenvalue weighted by molar-refractivity contribution is 5.46. The summed E-state index contributed by atoms with van der Waals surface area (Å²) < 4.78 is 0. The van der Waals surface area contributed by atoms with Gasteiger partial charge < -0.3 is 11.1 Å². The first kappa shape index (κ1) is 14.0. The van der Waals surface area contributed by atoms with Crippen LogP contribution in [0.5, 0.6) is 0 Å². The summed E-state index contributed by atoms with van der Waals surface area (Å²) in [6, 6.07) is 6.24. The van der Waals surface area contributed by atoms with E-state index in [2.05, 4.69) is 31.3 Å². The lowest BCUT2D eigenvalue weighted by Gasteiger charge is -1.98. The van der Waals surface area contributed by atoms with Crippen LogP contribution in [-0.4, -0.2) is 13.1 Å². The van der Waals surface area contributed by atoms with E-state index in [4.69, 9.17) is 5.73 Å². The van der Waals surface area contributed by atoms with Crippen LogP contribution in [0.1, 0.15) is 44.2 Å². The van der Waals surface area contributed by atoms with Gasteiger partial charge in [-0.05, 0) is 68.5 Å². The third kappa shape index (κ3) is 5.22. The Hall–Kier alpha value is -1.02. The van der Waals surface area contributed by atoms with Crippen LogP contribution in [0.25, 0.3) is 0 Å². The molecule has 1 aliphatic rings. The molecular weight excluding hydrogens is 208 g/mol. The zero-order valence-electron chi connectivity index (χ0n) is 11.3. The number of fused-ring (bicyclic) bond motifs is 1. The van der Waals surface area contributed by atoms with Gasteiger partial charge >= 0.3 is 0 Å². The summed E-state index contributed by atoms with van der Waals surface area (Å²) >= 11 is 0. The Balaban J connectivity index is 0.000000185. The van der Waals surface area contributed by atoms with E-state index in [-0.39, 0.29) is 0 Å². The Kier molecular flexibility index (Phi) is 6.71. The SMILES string of the molecule is CCCNCCC.Nc1ccc2c(c1)CCC2. The third-order valence-electron chi connectivity index (χ3n) is 2.98. The molecule has 17 heavy (non-hydrogen) atoms. The highest BCUT2D eigenvalue weighted by Crippen LogP contribution is 2.23. The topological polar surface area (TPSA) is 38.0 Å². The van der Waals surface area contributed by atoms with E-state index in [1.54, 1.807) is 0 Å². The predicted octanol–water partition coefficient (Wildman–Crippen LogP) is 3.15. The molecule has 2 heteroatoms. The molecule has 0 saturated carbocycles. The average molecular weight is 234 g/mol. The summed E-state index contributed by atoms with van der Waals surface area (Å²) in [6.07, 6.45) is 6.27. The number of nitrogens with two attached hydrogens (primary N) is 1. The Morgan fingerprint density at radius 3 is 2.35 bits per heavy atom. The van der Waals surface area contributed by atoms with E-state index in [9.17, 15) is 0 Å². The molecule has 0 aliphatic heterocycles. The molecule has 96 valence electrons. The van der Waals surface area contributed by atoms with Crippen LogP contribution in [0.3, 0.4) is 0 Å². The minimum atomic E-state index is 0.903. The van der Waals surface area contributed by atoms with Crippen LogP contribution < -0.4 is 11.1 Å². The molecule has 0 fully saturated rings. The predicted molar refractivity (Wildman–Crippen MR) is 76.3 cm³/mol. The summed E-state index contributed by atoms with van der Waals surface area (Å²) in [4.78, 5) is 0. The molecule has 0 amide bonds. The first-order chi connectivity index (χ1) is 8.27. The summed E-state index contributed by atoms with van der Waals surface area (Å²) in [5, 5.41) is 3.28. The Bertz CT molecular complexity index is 317. The van der Waals surface area contributed by atoms with Crippen LogP contribution in [0.15, 0.2) is 18.2 Å². The van der Waals surface area contributed by atoms with E-state index < -0.39 is 0 Å². The molecule has 2 rings (SSSR count). The maximum atomic E-state index is 5.63. The van der Waals surface area contributed by atoms with Gasteiger partial charge in [0.25, 0.3) is 0 Å². The van der Waals surface area contributed by atoms with Crippen molar-refractivity contribution in [2.24, 2.45) is 0 Å². The fraction of sp³-hybridized carbons (Fsp3) is 0.600. The van der Waals surface area contributed by atoms with Gasteiger partial charge in [-0.2, -0.15) is 0 Å². The molecule has 0 aromatic heterocycles. The van der Waals surface area contributed by atoms with E-state index in [0.29, 0.717) is 0 Å². The third-order valence-corrected chi connectivity index (χ3v) is 2.98. The van der Waals surface area contributed by atoms with Gasteiger partial charge in [-0.3, -0.25) is 0 Å². The van der Waals surface area contributed by atoms with Crippen LogP contribution in [-0.2, 0) is 12.8 Å².